The maximum absolute atomic E-state index is 13.4. The van der Waals surface area contributed by atoms with E-state index in [1.165, 1.54) is 0 Å². The molecule has 18 heavy (non-hydrogen) atoms. The van der Waals surface area contributed by atoms with E-state index in [1.807, 2.05) is 0 Å². The van der Waals surface area contributed by atoms with E-state index in [0.717, 1.165) is 12.1 Å². The molecule has 2 rings (SSSR count). The minimum absolute atomic E-state index is 0.277. The van der Waals surface area contributed by atoms with Crippen LogP contribution >= 0.6 is 15.9 Å². The molecule has 2 aromatic carbocycles. The molecule has 0 aliphatic heterocycles. The summed E-state index contributed by atoms with van der Waals surface area (Å²) in [5.41, 5.74) is 0.214. The van der Waals surface area contributed by atoms with Crippen molar-refractivity contribution in [2.45, 2.75) is 0 Å². The Morgan fingerprint density at radius 3 is 2.28 bits per heavy atom. The zero-order chi connectivity index (χ0) is 13.1. The minimum Gasteiger partial charge on any atom is -0.505 e. The molecule has 0 aliphatic carbocycles. The molecule has 92 valence electrons. The van der Waals surface area contributed by atoms with Crippen molar-refractivity contribution in [3.63, 3.8) is 0 Å². The maximum Gasteiger partial charge on any atom is 0.202 e. The highest BCUT2D eigenvalue weighted by atomic mass is 79.9. The summed E-state index contributed by atoms with van der Waals surface area (Å²) in [4.78, 5) is 0. The van der Waals surface area contributed by atoms with Gasteiger partial charge in [-0.1, -0.05) is 12.1 Å². The zero-order valence-corrected chi connectivity index (χ0v) is 10.5. The first kappa shape index (κ1) is 12.6. The third-order valence-corrected chi connectivity index (χ3v) is 2.83. The van der Waals surface area contributed by atoms with E-state index in [-0.39, 0.29) is 5.69 Å². The molecule has 0 atom stereocenters. The van der Waals surface area contributed by atoms with Crippen molar-refractivity contribution in [1.82, 2.24) is 0 Å². The first-order chi connectivity index (χ1) is 8.59. The van der Waals surface area contributed by atoms with Crippen molar-refractivity contribution >= 4 is 27.3 Å². The molecular weight excluding hydrogens is 306 g/mol. The lowest BCUT2D eigenvalue weighted by Crippen LogP contribution is -1.84. The van der Waals surface area contributed by atoms with Crippen LogP contribution in [0.3, 0.4) is 0 Å². The lowest BCUT2D eigenvalue weighted by atomic mass is 10.3. The second-order valence-electron chi connectivity index (χ2n) is 3.38. The molecule has 0 aliphatic rings. The number of hydrogen-bond acceptors (Lipinski definition) is 3. The number of halogens is 3. The molecule has 0 aromatic heterocycles. The van der Waals surface area contributed by atoms with Gasteiger partial charge in [-0.3, -0.25) is 0 Å². The van der Waals surface area contributed by atoms with Gasteiger partial charge in [-0.05, 0) is 40.2 Å². The van der Waals surface area contributed by atoms with Gasteiger partial charge in [-0.2, -0.15) is 4.39 Å². The number of phenolic OH excluding ortho intramolecular Hbond substituents is 1. The second kappa shape index (κ2) is 5.22. The summed E-state index contributed by atoms with van der Waals surface area (Å²) in [6, 6.07) is 9.13. The highest BCUT2D eigenvalue weighted by molar-refractivity contribution is 9.10. The van der Waals surface area contributed by atoms with E-state index in [9.17, 15) is 8.78 Å². The largest absolute Gasteiger partial charge is 0.505 e. The van der Waals surface area contributed by atoms with Gasteiger partial charge in [0.1, 0.15) is 5.69 Å². The van der Waals surface area contributed by atoms with Gasteiger partial charge >= 0.3 is 0 Å². The molecule has 0 unspecified atom stereocenters. The summed E-state index contributed by atoms with van der Waals surface area (Å²) >= 11 is 3.25. The highest BCUT2D eigenvalue weighted by Crippen LogP contribution is 2.30. The van der Waals surface area contributed by atoms with Crippen LogP contribution in [-0.4, -0.2) is 5.11 Å². The molecule has 0 radical (unpaired) electrons. The average molecular weight is 313 g/mol. The standard InChI is InChI=1S/C12H7BrF2N2O/c13-7-3-1-2-4-8(7)16-17-9-5-6-10(18)12(15)11(9)14/h1-6,18H. The van der Waals surface area contributed by atoms with Crippen LogP contribution in [0.4, 0.5) is 20.2 Å². The van der Waals surface area contributed by atoms with E-state index in [0.29, 0.717) is 10.2 Å². The Morgan fingerprint density at radius 1 is 0.889 bits per heavy atom. The Labute approximate surface area is 110 Å². The SMILES string of the molecule is Oc1ccc(N=Nc2ccccc2Br)c(F)c1F. The summed E-state index contributed by atoms with van der Waals surface area (Å²) in [6.45, 7) is 0. The third kappa shape index (κ3) is 2.53. The number of phenols is 1. The molecule has 0 saturated carbocycles. The lowest BCUT2D eigenvalue weighted by molar-refractivity contribution is 0.407. The predicted octanol–water partition coefficient (Wildman–Crippen LogP) is 4.85. The average Bonchev–Trinajstić information content (AvgIpc) is 2.37. The first-order valence-corrected chi connectivity index (χ1v) is 5.72. The van der Waals surface area contributed by atoms with Gasteiger partial charge in [-0.15, -0.1) is 10.2 Å². The van der Waals surface area contributed by atoms with Crippen LogP contribution in [0.2, 0.25) is 0 Å². The molecule has 6 heteroatoms. The number of aromatic hydroxyl groups is 1. The van der Waals surface area contributed by atoms with E-state index < -0.39 is 17.4 Å². The monoisotopic (exact) mass is 312 g/mol. The second-order valence-corrected chi connectivity index (χ2v) is 4.24. The number of azo groups is 1. The number of hydrogen-bond donors (Lipinski definition) is 1. The van der Waals surface area contributed by atoms with E-state index >= 15 is 0 Å². The van der Waals surface area contributed by atoms with E-state index in [1.54, 1.807) is 24.3 Å². The summed E-state index contributed by atoms with van der Waals surface area (Å²) in [6.07, 6.45) is 0. The van der Waals surface area contributed by atoms with Gasteiger partial charge in [0.25, 0.3) is 0 Å². The van der Waals surface area contributed by atoms with Gasteiger partial charge in [0.15, 0.2) is 11.6 Å². The minimum atomic E-state index is -1.33. The number of benzene rings is 2. The van der Waals surface area contributed by atoms with Gasteiger partial charge < -0.3 is 5.11 Å². The quantitative estimate of drug-likeness (QED) is 0.792. The topological polar surface area (TPSA) is 45.0 Å². The molecule has 1 N–H and O–H groups in total. The third-order valence-electron chi connectivity index (χ3n) is 2.16. The van der Waals surface area contributed by atoms with Crippen LogP contribution in [0.25, 0.3) is 0 Å². The molecular formula is C12H7BrF2N2O. The van der Waals surface area contributed by atoms with Crippen molar-refractivity contribution in [2.24, 2.45) is 10.2 Å². The van der Waals surface area contributed by atoms with Crippen molar-refractivity contribution in [1.29, 1.82) is 0 Å². The van der Waals surface area contributed by atoms with Crippen LogP contribution in [0.1, 0.15) is 0 Å². The van der Waals surface area contributed by atoms with Crippen LogP contribution < -0.4 is 0 Å². The fourth-order valence-electron chi connectivity index (χ4n) is 1.25. The molecule has 2 aromatic rings. The fourth-order valence-corrected chi connectivity index (χ4v) is 1.61. The summed E-state index contributed by atoms with van der Waals surface area (Å²) in [7, 11) is 0. The molecule has 0 saturated heterocycles. The molecule has 3 nitrogen and oxygen atoms in total. The van der Waals surface area contributed by atoms with E-state index in [2.05, 4.69) is 26.2 Å². The Bertz CT molecular complexity index is 617. The number of nitrogens with zero attached hydrogens (tertiary/aromatic N) is 2. The predicted molar refractivity (Wildman–Crippen MR) is 66.3 cm³/mol. The Kier molecular flexibility index (Phi) is 3.66. The smallest absolute Gasteiger partial charge is 0.202 e. The lowest BCUT2D eigenvalue weighted by Gasteiger charge is -2.00. The van der Waals surface area contributed by atoms with Crippen molar-refractivity contribution in [2.75, 3.05) is 0 Å². The summed E-state index contributed by atoms with van der Waals surface area (Å²) < 4.78 is 27.1. The summed E-state index contributed by atoms with van der Waals surface area (Å²) in [5, 5.41) is 16.4. The fraction of sp³-hybridized carbons (Fsp3) is 0. The molecule has 0 spiro atoms. The van der Waals surface area contributed by atoms with Gasteiger partial charge in [0.2, 0.25) is 5.82 Å². The maximum atomic E-state index is 13.4. The highest BCUT2D eigenvalue weighted by Gasteiger charge is 2.12. The van der Waals surface area contributed by atoms with Crippen LogP contribution in [-0.2, 0) is 0 Å². The van der Waals surface area contributed by atoms with Gasteiger partial charge in [0, 0.05) is 4.47 Å². The number of rotatable bonds is 2. The van der Waals surface area contributed by atoms with Crippen LogP contribution in [0.5, 0.6) is 5.75 Å². The molecule has 0 fully saturated rings. The van der Waals surface area contributed by atoms with Gasteiger partial charge in [-0.25, -0.2) is 4.39 Å². The molecule has 0 heterocycles. The molecule has 0 bridgehead atoms. The zero-order valence-electron chi connectivity index (χ0n) is 8.94. The van der Waals surface area contributed by atoms with Crippen molar-refractivity contribution in [3.8, 4) is 5.75 Å². The van der Waals surface area contributed by atoms with E-state index in [4.69, 9.17) is 5.11 Å². The summed E-state index contributed by atoms with van der Waals surface area (Å²) in [5.74, 6) is -3.32. The molecule has 0 amide bonds. The Morgan fingerprint density at radius 2 is 1.56 bits per heavy atom. The van der Waals surface area contributed by atoms with Gasteiger partial charge in [0.05, 0.1) is 5.69 Å². The normalized spacial score (nSPS) is 11.1. The Hall–Kier alpha value is -1.82. The van der Waals surface area contributed by atoms with Crippen molar-refractivity contribution < 1.29 is 13.9 Å². The first-order valence-electron chi connectivity index (χ1n) is 4.93. The van der Waals surface area contributed by atoms with Crippen molar-refractivity contribution in [3.05, 3.63) is 52.5 Å². The van der Waals surface area contributed by atoms with Crippen LogP contribution in [0, 0.1) is 11.6 Å². The Balaban J connectivity index is 2.36. The van der Waals surface area contributed by atoms with Crippen LogP contribution in [0.15, 0.2) is 51.1 Å².